The van der Waals surface area contributed by atoms with Crippen LogP contribution in [-0.2, 0) is 14.3 Å². The summed E-state index contributed by atoms with van der Waals surface area (Å²) in [6.45, 7) is 7.11. The molecule has 2 rings (SSSR count). The van der Waals surface area contributed by atoms with Gasteiger partial charge in [-0.3, -0.25) is 14.5 Å². The van der Waals surface area contributed by atoms with E-state index in [1.807, 2.05) is 44.9 Å². The van der Waals surface area contributed by atoms with Gasteiger partial charge in [0.1, 0.15) is 11.4 Å². The predicted octanol–water partition coefficient (Wildman–Crippen LogP) is 2.98. The molecule has 7 heteroatoms. The van der Waals surface area contributed by atoms with Gasteiger partial charge >= 0.3 is 5.97 Å². The van der Waals surface area contributed by atoms with Crippen molar-refractivity contribution >= 4 is 23.5 Å². The fourth-order valence-corrected chi connectivity index (χ4v) is 3.25. The van der Waals surface area contributed by atoms with Crippen molar-refractivity contribution in [3.05, 3.63) is 29.3 Å². The van der Waals surface area contributed by atoms with E-state index in [1.165, 1.54) is 0 Å². The second-order valence-corrected chi connectivity index (χ2v) is 8.24. The number of carbonyl (C=O) groups is 2. The average Bonchev–Trinajstić information content (AvgIpc) is 2.59. The number of halogens is 1. The first-order chi connectivity index (χ1) is 12.7. The average molecular weight is 397 g/mol. The fourth-order valence-electron chi connectivity index (χ4n) is 3.06. The molecule has 1 fully saturated rings. The van der Waals surface area contributed by atoms with E-state index >= 15 is 0 Å². The summed E-state index contributed by atoms with van der Waals surface area (Å²) in [7, 11) is 1.92. The van der Waals surface area contributed by atoms with Crippen molar-refractivity contribution in [2.75, 3.05) is 33.3 Å². The first-order valence-corrected chi connectivity index (χ1v) is 9.60. The maximum atomic E-state index is 12.4. The normalized spacial score (nSPS) is 15.7. The van der Waals surface area contributed by atoms with E-state index < -0.39 is 5.60 Å². The number of ether oxygens (including phenoxy) is 2. The number of rotatable bonds is 6. The molecule has 1 aliphatic rings. The number of hydrogen-bond acceptors (Lipinski definition) is 5. The van der Waals surface area contributed by atoms with E-state index in [1.54, 1.807) is 17.0 Å². The molecule has 1 aromatic rings. The first-order valence-electron chi connectivity index (χ1n) is 9.23. The van der Waals surface area contributed by atoms with Crippen molar-refractivity contribution < 1.29 is 19.1 Å². The highest BCUT2D eigenvalue weighted by molar-refractivity contribution is 6.32. The van der Waals surface area contributed by atoms with Crippen LogP contribution in [0.4, 0.5) is 0 Å². The van der Waals surface area contributed by atoms with E-state index in [0.29, 0.717) is 23.9 Å². The third-order valence-electron chi connectivity index (χ3n) is 4.43. The second kappa shape index (κ2) is 9.42. The van der Waals surface area contributed by atoms with Gasteiger partial charge in [0.05, 0.1) is 11.6 Å². The zero-order valence-electron chi connectivity index (χ0n) is 16.5. The van der Waals surface area contributed by atoms with E-state index in [2.05, 4.69) is 0 Å². The quantitative estimate of drug-likeness (QED) is 0.692. The standard InChI is InChI=1S/C20H29ClN2O4/c1-20(2,3)27-19(25)13-22(4)15-9-11-23(12-10-15)18(24)14-26-17-8-6-5-7-16(17)21/h5-8,15H,9-14H2,1-4H3. The summed E-state index contributed by atoms with van der Waals surface area (Å²) >= 11 is 6.04. The Morgan fingerprint density at radius 3 is 2.44 bits per heavy atom. The number of esters is 1. The molecule has 0 N–H and O–H groups in total. The van der Waals surface area contributed by atoms with Gasteiger partial charge in [0.15, 0.2) is 6.61 Å². The lowest BCUT2D eigenvalue weighted by atomic mass is 10.0. The second-order valence-electron chi connectivity index (χ2n) is 7.83. The molecule has 27 heavy (non-hydrogen) atoms. The third-order valence-corrected chi connectivity index (χ3v) is 4.74. The van der Waals surface area contributed by atoms with Crippen molar-refractivity contribution in [1.82, 2.24) is 9.80 Å². The Kier molecular flexibility index (Phi) is 7.50. The molecule has 1 saturated heterocycles. The minimum atomic E-state index is -0.477. The molecule has 0 aliphatic carbocycles. The van der Waals surface area contributed by atoms with E-state index in [-0.39, 0.29) is 31.1 Å². The maximum Gasteiger partial charge on any atom is 0.320 e. The summed E-state index contributed by atoms with van der Waals surface area (Å²) < 4.78 is 10.9. The number of likely N-dealkylation sites (tertiary alicyclic amines) is 1. The first kappa shape index (κ1) is 21.5. The van der Waals surface area contributed by atoms with Gasteiger partial charge in [-0.1, -0.05) is 23.7 Å². The van der Waals surface area contributed by atoms with Crippen LogP contribution in [0.2, 0.25) is 5.02 Å². The number of nitrogens with zero attached hydrogens (tertiary/aromatic N) is 2. The van der Waals surface area contributed by atoms with Crippen LogP contribution in [0.1, 0.15) is 33.6 Å². The molecular formula is C20H29ClN2O4. The van der Waals surface area contributed by atoms with Crippen LogP contribution in [0.3, 0.4) is 0 Å². The van der Waals surface area contributed by atoms with E-state index in [4.69, 9.17) is 21.1 Å². The summed E-state index contributed by atoms with van der Waals surface area (Å²) in [6.07, 6.45) is 1.63. The molecule has 0 atom stereocenters. The van der Waals surface area contributed by atoms with Crippen LogP contribution < -0.4 is 4.74 Å². The number of benzene rings is 1. The lowest BCUT2D eigenvalue weighted by Gasteiger charge is -2.36. The van der Waals surface area contributed by atoms with Gasteiger partial charge in [-0.05, 0) is 52.8 Å². The van der Waals surface area contributed by atoms with Gasteiger partial charge in [0.2, 0.25) is 0 Å². The molecule has 6 nitrogen and oxygen atoms in total. The minimum Gasteiger partial charge on any atom is -0.482 e. The molecule has 0 bridgehead atoms. The van der Waals surface area contributed by atoms with Gasteiger partial charge < -0.3 is 14.4 Å². The van der Waals surface area contributed by atoms with Crippen molar-refractivity contribution in [2.24, 2.45) is 0 Å². The van der Waals surface area contributed by atoms with Crippen molar-refractivity contribution in [2.45, 2.75) is 45.3 Å². The predicted molar refractivity (Wildman–Crippen MR) is 105 cm³/mol. The molecule has 0 spiro atoms. The number of likely N-dealkylation sites (N-methyl/N-ethyl adjacent to an activating group) is 1. The Bertz CT molecular complexity index is 652. The minimum absolute atomic E-state index is 0.0256. The zero-order chi connectivity index (χ0) is 20.0. The molecule has 1 heterocycles. The van der Waals surface area contributed by atoms with Crippen molar-refractivity contribution in [3.63, 3.8) is 0 Å². The molecular weight excluding hydrogens is 368 g/mol. The lowest BCUT2D eigenvalue weighted by Crippen LogP contribution is -2.48. The van der Waals surface area contributed by atoms with Gasteiger partial charge in [-0.25, -0.2) is 0 Å². The van der Waals surface area contributed by atoms with Gasteiger partial charge in [0.25, 0.3) is 5.91 Å². The summed E-state index contributed by atoms with van der Waals surface area (Å²) in [6, 6.07) is 7.36. The molecule has 0 unspecified atom stereocenters. The lowest BCUT2D eigenvalue weighted by molar-refractivity contribution is -0.156. The van der Waals surface area contributed by atoms with Gasteiger partial charge in [0, 0.05) is 19.1 Å². The Balaban J connectivity index is 1.75. The Hall–Kier alpha value is -1.79. The van der Waals surface area contributed by atoms with Crippen LogP contribution in [0.5, 0.6) is 5.75 Å². The molecule has 150 valence electrons. The van der Waals surface area contributed by atoms with Gasteiger partial charge in [-0.2, -0.15) is 0 Å². The third kappa shape index (κ3) is 7.03. The topological polar surface area (TPSA) is 59.1 Å². The molecule has 0 radical (unpaired) electrons. The molecule has 1 amide bonds. The van der Waals surface area contributed by atoms with E-state index in [9.17, 15) is 9.59 Å². The largest absolute Gasteiger partial charge is 0.482 e. The summed E-state index contributed by atoms with van der Waals surface area (Å²) in [5, 5.41) is 0.493. The van der Waals surface area contributed by atoms with Crippen LogP contribution in [0.15, 0.2) is 24.3 Å². The monoisotopic (exact) mass is 396 g/mol. The highest BCUT2D eigenvalue weighted by atomic mass is 35.5. The smallest absolute Gasteiger partial charge is 0.320 e. The zero-order valence-corrected chi connectivity index (χ0v) is 17.3. The number of hydrogen-bond donors (Lipinski definition) is 0. The molecule has 1 aliphatic heterocycles. The highest BCUT2D eigenvalue weighted by Gasteiger charge is 2.27. The maximum absolute atomic E-state index is 12.4. The summed E-state index contributed by atoms with van der Waals surface area (Å²) in [4.78, 5) is 28.2. The number of amides is 1. The molecule has 1 aromatic carbocycles. The number of para-hydroxylation sites is 1. The summed E-state index contributed by atoms with van der Waals surface area (Å²) in [5.41, 5.74) is -0.477. The number of piperidine rings is 1. The molecule has 0 aromatic heterocycles. The Morgan fingerprint density at radius 1 is 1.22 bits per heavy atom. The van der Waals surface area contributed by atoms with Crippen LogP contribution in [-0.4, -0.2) is 66.6 Å². The van der Waals surface area contributed by atoms with Gasteiger partial charge in [-0.15, -0.1) is 0 Å². The van der Waals surface area contributed by atoms with Crippen molar-refractivity contribution in [1.29, 1.82) is 0 Å². The Labute approximate surface area is 166 Å². The summed E-state index contributed by atoms with van der Waals surface area (Å²) in [5.74, 6) is 0.235. The number of carbonyl (C=O) groups excluding carboxylic acids is 2. The van der Waals surface area contributed by atoms with E-state index in [0.717, 1.165) is 12.8 Å². The fraction of sp³-hybridized carbons (Fsp3) is 0.600. The van der Waals surface area contributed by atoms with Crippen molar-refractivity contribution in [3.8, 4) is 5.75 Å². The molecule has 0 saturated carbocycles. The van der Waals surface area contributed by atoms with Crippen LogP contribution in [0, 0.1) is 0 Å². The van der Waals surface area contributed by atoms with Crippen LogP contribution in [0.25, 0.3) is 0 Å². The SMILES string of the molecule is CN(CC(=O)OC(C)(C)C)C1CCN(C(=O)COc2ccccc2Cl)CC1. The highest BCUT2D eigenvalue weighted by Crippen LogP contribution is 2.23. The van der Waals surface area contributed by atoms with Crippen LogP contribution >= 0.6 is 11.6 Å². The Morgan fingerprint density at radius 2 is 1.85 bits per heavy atom.